The number of anilines is 1. The van der Waals surface area contributed by atoms with E-state index in [9.17, 15) is 0 Å². The smallest absolute Gasteiger partial charge is 0.144 e. The van der Waals surface area contributed by atoms with Crippen molar-refractivity contribution in [1.82, 2.24) is 9.97 Å². The molecule has 0 aromatic carbocycles. The van der Waals surface area contributed by atoms with E-state index >= 15 is 0 Å². The van der Waals surface area contributed by atoms with Gasteiger partial charge in [-0.05, 0) is 35.2 Å². The Labute approximate surface area is 92.5 Å². The van der Waals surface area contributed by atoms with E-state index in [4.69, 9.17) is 0 Å². The van der Waals surface area contributed by atoms with Crippen LogP contribution in [-0.4, -0.2) is 16.5 Å². The monoisotopic (exact) mass is 255 g/mol. The lowest BCUT2D eigenvalue weighted by Crippen LogP contribution is -2.05. The van der Waals surface area contributed by atoms with Crippen molar-refractivity contribution < 1.29 is 0 Å². The van der Waals surface area contributed by atoms with Crippen LogP contribution in [0.15, 0.2) is 10.7 Å². The highest BCUT2D eigenvalue weighted by atomic mass is 79.9. The Morgan fingerprint density at radius 3 is 3.00 bits per heavy atom. The molecular weight excluding hydrogens is 242 g/mol. The number of nitrogens with one attached hydrogen (secondary N) is 1. The van der Waals surface area contributed by atoms with E-state index in [0.29, 0.717) is 5.92 Å². The minimum atomic E-state index is 0.616. The summed E-state index contributed by atoms with van der Waals surface area (Å²) < 4.78 is 0.954. The van der Waals surface area contributed by atoms with Crippen LogP contribution in [0.5, 0.6) is 0 Å². The molecule has 1 aliphatic rings. The average Bonchev–Trinajstić information content (AvgIpc) is 3.00. The SMILES string of the molecule is CCCNc1nc(C2CC2)ncc1Br. The van der Waals surface area contributed by atoms with Gasteiger partial charge in [-0.3, -0.25) is 0 Å². The van der Waals surface area contributed by atoms with E-state index in [2.05, 4.69) is 38.1 Å². The van der Waals surface area contributed by atoms with E-state index in [0.717, 1.165) is 29.1 Å². The highest BCUT2D eigenvalue weighted by molar-refractivity contribution is 9.10. The van der Waals surface area contributed by atoms with Gasteiger partial charge in [0, 0.05) is 18.7 Å². The van der Waals surface area contributed by atoms with Gasteiger partial charge in [-0.2, -0.15) is 0 Å². The molecule has 76 valence electrons. The molecule has 0 amide bonds. The predicted octanol–water partition coefficient (Wildman–Crippen LogP) is 2.94. The van der Waals surface area contributed by atoms with Crippen molar-refractivity contribution in [3.63, 3.8) is 0 Å². The predicted molar refractivity (Wildman–Crippen MR) is 60.5 cm³/mol. The Morgan fingerprint density at radius 2 is 2.36 bits per heavy atom. The number of nitrogens with zero attached hydrogens (tertiary/aromatic N) is 2. The summed E-state index contributed by atoms with van der Waals surface area (Å²) in [6.45, 7) is 3.10. The van der Waals surface area contributed by atoms with E-state index in [1.54, 1.807) is 0 Å². The van der Waals surface area contributed by atoms with Gasteiger partial charge in [-0.1, -0.05) is 6.92 Å². The van der Waals surface area contributed by atoms with Gasteiger partial charge in [0.15, 0.2) is 0 Å². The molecule has 1 aromatic rings. The summed E-state index contributed by atoms with van der Waals surface area (Å²) in [5.74, 6) is 2.54. The van der Waals surface area contributed by atoms with Gasteiger partial charge in [-0.25, -0.2) is 9.97 Å². The Bertz CT molecular complexity index is 323. The number of hydrogen-bond acceptors (Lipinski definition) is 3. The summed E-state index contributed by atoms with van der Waals surface area (Å²) in [5.41, 5.74) is 0. The van der Waals surface area contributed by atoms with Gasteiger partial charge in [0.2, 0.25) is 0 Å². The fourth-order valence-corrected chi connectivity index (χ4v) is 1.62. The molecule has 0 bridgehead atoms. The standard InChI is InChI=1S/C10H14BrN3/c1-2-5-12-10-8(11)6-13-9(14-10)7-3-4-7/h6-7H,2-5H2,1H3,(H,12,13,14). The molecule has 0 aliphatic heterocycles. The highest BCUT2D eigenvalue weighted by Gasteiger charge is 2.26. The normalized spacial score (nSPS) is 15.6. The van der Waals surface area contributed by atoms with Crippen molar-refractivity contribution in [2.24, 2.45) is 0 Å². The Hall–Kier alpha value is -0.640. The molecule has 3 nitrogen and oxygen atoms in total. The van der Waals surface area contributed by atoms with Crippen LogP contribution >= 0.6 is 15.9 Å². The molecule has 4 heteroatoms. The largest absolute Gasteiger partial charge is 0.369 e. The lowest BCUT2D eigenvalue weighted by atomic mass is 10.4. The number of hydrogen-bond donors (Lipinski definition) is 1. The van der Waals surface area contributed by atoms with Gasteiger partial charge in [0.1, 0.15) is 11.6 Å². The number of aromatic nitrogens is 2. The lowest BCUT2D eigenvalue weighted by molar-refractivity contribution is 0.903. The second-order valence-corrected chi connectivity index (χ2v) is 4.48. The Morgan fingerprint density at radius 1 is 1.57 bits per heavy atom. The Kier molecular flexibility index (Phi) is 3.01. The van der Waals surface area contributed by atoms with Crippen molar-refractivity contribution in [2.75, 3.05) is 11.9 Å². The maximum Gasteiger partial charge on any atom is 0.144 e. The number of rotatable bonds is 4. The fourth-order valence-electron chi connectivity index (χ4n) is 1.29. The van der Waals surface area contributed by atoms with Crippen LogP contribution < -0.4 is 5.32 Å². The summed E-state index contributed by atoms with van der Waals surface area (Å²) in [6.07, 6.45) is 5.44. The molecule has 0 saturated heterocycles. The maximum absolute atomic E-state index is 4.50. The summed E-state index contributed by atoms with van der Waals surface area (Å²) >= 11 is 3.44. The van der Waals surface area contributed by atoms with Crippen LogP contribution in [0.25, 0.3) is 0 Å². The van der Waals surface area contributed by atoms with Gasteiger partial charge in [-0.15, -0.1) is 0 Å². The van der Waals surface area contributed by atoms with Gasteiger partial charge in [0.05, 0.1) is 4.47 Å². The summed E-state index contributed by atoms with van der Waals surface area (Å²) in [7, 11) is 0. The molecule has 0 unspecified atom stereocenters. The van der Waals surface area contributed by atoms with Gasteiger partial charge >= 0.3 is 0 Å². The minimum Gasteiger partial charge on any atom is -0.369 e. The average molecular weight is 256 g/mol. The van der Waals surface area contributed by atoms with Crippen LogP contribution in [0.1, 0.15) is 37.9 Å². The van der Waals surface area contributed by atoms with E-state index in [1.807, 2.05) is 6.20 Å². The molecule has 0 spiro atoms. The summed E-state index contributed by atoms with van der Waals surface area (Å²) in [4.78, 5) is 8.81. The van der Waals surface area contributed by atoms with Crippen molar-refractivity contribution >= 4 is 21.7 Å². The van der Waals surface area contributed by atoms with Crippen molar-refractivity contribution in [3.05, 3.63) is 16.5 Å². The van der Waals surface area contributed by atoms with Crippen LogP contribution in [0, 0.1) is 0 Å². The molecule has 1 saturated carbocycles. The maximum atomic E-state index is 4.50. The first-order valence-electron chi connectivity index (χ1n) is 5.07. The fraction of sp³-hybridized carbons (Fsp3) is 0.600. The van der Waals surface area contributed by atoms with Crippen LogP contribution in [0.3, 0.4) is 0 Å². The molecule has 1 aliphatic carbocycles. The molecular formula is C10H14BrN3. The minimum absolute atomic E-state index is 0.616. The first-order chi connectivity index (χ1) is 6.81. The van der Waals surface area contributed by atoms with E-state index in [1.165, 1.54) is 12.8 Å². The van der Waals surface area contributed by atoms with E-state index < -0.39 is 0 Å². The molecule has 0 atom stereocenters. The molecule has 1 N–H and O–H groups in total. The second-order valence-electron chi connectivity index (χ2n) is 3.63. The zero-order valence-electron chi connectivity index (χ0n) is 8.26. The molecule has 2 rings (SSSR count). The van der Waals surface area contributed by atoms with E-state index in [-0.39, 0.29) is 0 Å². The molecule has 1 fully saturated rings. The van der Waals surface area contributed by atoms with Crippen LogP contribution in [0.4, 0.5) is 5.82 Å². The molecule has 1 heterocycles. The molecule has 0 radical (unpaired) electrons. The summed E-state index contributed by atoms with van der Waals surface area (Å²) in [6, 6.07) is 0. The zero-order valence-corrected chi connectivity index (χ0v) is 9.84. The zero-order chi connectivity index (χ0) is 9.97. The lowest BCUT2D eigenvalue weighted by Gasteiger charge is -2.07. The van der Waals surface area contributed by atoms with Gasteiger partial charge in [0.25, 0.3) is 0 Å². The van der Waals surface area contributed by atoms with Gasteiger partial charge < -0.3 is 5.32 Å². The van der Waals surface area contributed by atoms with Crippen molar-refractivity contribution in [2.45, 2.75) is 32.1 Å². The number of halogens is 1. The van der Waals surface area contributed by atoms with Crippen molar-refractivity contribution in [1.29, 1.82) is 0 Å². The van der Waals surface area contributed by atoms with Crippen molar-refractivity contribution in [3.8, 4) is 0 Å². The summed E-state index contributed by atoms with van der Waals surface area (Å²) in [5, 5.41) is 3.29. The topological polar surface area (TPSA) is 37.8 Å². The third-order valence-electron chi connectivity index (χ3n) is 2.25. The van der Waals surface area contributed by atoms with Crippen LogP contribution in [0.2, 0.25) is 0 Å². The third-order valence-corrected chi connectivity index (χ3v) is 2.83. The molecule has 1 aromatic heterocycles. The molecule has 14 heavy (non-hydrogen) atoms. The first-order valence-corrected chi connectivity index (χ1v) is 5.87. The second kappa shape index (κ2) is 4.26. The quantitative estimate of drug-likeness (QED) is 0.899. The first kappa shape index (κ1) is 9.90. The highest BCUT2D eigenvalue weighted by Crippen LogP contribution is 2.38. The third kappa shape index (κ3) is 2.23. The van der Waals surface area contributed by atoms with Crippen LogP contribution in [-0.2, 0) is 0 Å². The Balaban J connectivity index is 2.14.